The molecule has 1 aromatic heterocycles. The summed E-state index contributed by atoms with van der Waals surface area (Å²) in [5.41, 5.74) is -2.34. The summed E-state index contributed by atoms with van der Waals surface area (Å²) >= 11 is 0. The van der Waals surface area contributed by atoms with Crippen molar-refractivity contribution in [3.8, 4) is 6.07 Å². The minimum atomic E-state index is -4.82. The maximum atomic E-state index is 13.5. The van der Waals surface area contributed by atoms with Crippen molar-refractivity contribution in [1.82, 2.24) is 14.9 Å². The molecule has 6 nitrogen and oxygen atoms in total. The summed E-state index contributed by atoms with van der Waals surface area (Å²) in [6.07, 6.45) is 6.23. The highest BCUT2D eigenvalue weighted by molar-refractivity contribution is 5.95. The summed E-state index contributed by atoms with van der Waals surface area (Å²) in [7, 11) is 0. The van der Waals surface area contributed by atoms with E-state index in [9.17, 15) is 28.3 Å². The highest BCUT2D eigenvalue weighted by Crippen LogP contribution is 2.45. The number of carbonyl (C=O) groups is 1. The van der Waals surface area contributed by atoms with Gasteiger partial charge in [0.05, 0.1) is 11.8 Å². The molecule has 1 aromatic carbocycles. The number of rotatable bonds is 7. The molecule has 0 spiro atoms. The van der Waals surface area contributed by atoms with Crippen LogP contribution in [0.25, 0.3) is 0 Å². The number of benzene rings is 1. The van der Waals surface area contributed by atoms with Crippen molar-refractivity contribution >= 4 is 5.91 Å². The predicted octanol–water partition coefficient (Wildman–Crippen LogP) is 5.04. The second-order valence-corrected chi connectivity index (χ2v) is 9.85. The number of hydrogen-bond acceptors (Lipinski definition) is 5. The molecule has 2 aliphatic carbocycles. The summed E-state index contributed by atoms with van der Waals surface area (Å²) in [6.45, 7) is 0.706. The Morgan fingerprint density at radius 2 is 1.77 bits per heavy atom. The molecule has 9 heteroatoms. The molecule has 186 valence electrons. The third-order valence-corrected chi connectivity index (χ3v) is 7.55. The van der Waals surface area contributed by atoms with E-state index in [-0.39, 0.29) is 29.0 Å². The Hall–Kier alpha value is -2.99. The molecule has 1 heterocycles. The smallest absolute Gasteiger partial charge is 0.376 e. The first-order valence-corrected chi connectivity index (χ1v) is 11.9. The first-order chi connectivity index (χ1) is 16.6. The van der Waals surface area contributed by atoms with Gasteiger partial charge in [0.25, 0.3) is 5.91 Å². The molecule has 1 N–H and O–H groups in total. The SMILES string of the molecule is C[C@](O)(c1ccc(C(=O)N(C2CC2)[C@H]2CC[C@](CCC#N)(c3cnccn3)CC2)cc1)C(F)(F)F. The quantitative estimate of drug-likeness (QED) is 0.593. The Morgan fingerprint density at radius 1 is 1.14 bits per heavy atom. The van der Waals surface area contributed by atoms with Crippen LogP contribution in [0.3, 0.4) is 0 Å². The van der Waals surface area contributed by atoms with Crippen LogP contribution in [-0.4, -0.2) is 44.1 Å². The van der Waals surface area contributed by atoms with E-state index >= 15 is 0 Å². The highest BCUT2D eigenvalue weighted by Gasteiger charge is 2.51. The van der Waals surface area contributed by atoms with Gasteiger partial charge in [-0.1, -0.05) is 12.1 Å². The van der Waals surface area contributed by atoms with Crippen molar-refractivity contribution in [2.24, 2.45) is 0 Å². The molecule has 0 aliphatic heterocycles. The molecule has 2 fully saturated rings. The average molecular weight is 487 g/mol. The second kappa shape index (κ2) is 9.57. The Balaban J connectivity index is 1.51. The molecule has 4 rings (SSSR count). The van der Waals surface area contributed by atoms with E-state index in [0.29, 0.717) is 25.3 Å². The van der Waals surface area contributed by atoms with Gasteiger partial charge in [0.15, 0.2) is 5.60 Å². The third kappa shape index (κ3) is 5.03. The van der Waals surface area contributed by atoms with Crippen LogP contribution < -0.4 is 0 Å². The largest absolute Gasteiger partial charge is 0.421 e. The second-order valence-electron chi connectivity index (χ2n) is 9.85. The van der Waals surface area contributed by atoms with Gasteiger partial charge in [-0.15, -0.1) is 0 Å². The number of alkyl halides is 3. The van der Waals surface area contributed by atoms with Crippen LogP contribution in [0.2, 0.25) is 0 Å². The average Bonchev–Trinajstić information content (AvgIpc) is 3.69. The summed E-state index contributed by atoms with van der Waals surface area (Å²) in [5.74, 6) is -0.195. The number of carbonyl (C=O) groups excluding carboxylic acids is 1. The Labute approximate surface area is 202 Å². The fourth-order valence-electron chi connectivity index (χ4n) is 5.17. The zero-order chi connectivity index (χ0) is 25.3. The standard InChI is InChI=1S/C26H29F3N4O2/c1-24(35,26(27,28)29)19-5-3-18(4-6-19)23(34)33(20-7-8-20)21-9-12-25(13-10-21,11-2-14-30)22-17-31-15-16-32-22/h3-6,15-17,20-21,35H,2,7-13H2,1H3/t21-,24-,25-/m0/s1. The number of nitriles is 1. The molecule has 0 unspecified atom stereocenters. The first-order valence-electron chi connectivity index (χ1n) is 11.9. The lowest BCUT2D eigenvalue weighted by Crippen LogP contribution is -2.46. The lowest BCUT2D eigenvalue weighted by Gasteiger charge is -2.43. The van der Waals surface area contributed by atoms with E-state index in [2.05, 4.69) is 16.0 Å². The van der Waals surface area contributed by atoms with Gasteiger partial charge in [-0.3, -0.25) is 14.8 Å². The van der Waals surface area contributed by atoms with E-state index in [4.69, 9.17) is 0 Å². The molecule has 0 bridgehead atoms. The van der Waals surface area contributed by atoms with Crippen molar-refractivity contribution in [2.75, 3.05) is 0 Å². The maximum absolute atomic E-state index is 13.5. The summed E-state index contributed by atoms with van der Waals surface area (Å²) in [5, 5.41) is 19.1. The van der Waals surface area contributed by atoms with Crippen molar-refractivity contribution in [3.05, 3.63) is 59.7 Å². The van der Waals surface area contributed by atoms with Crippen molar-refractivity contribution in [2.45, 2.75) is 87.6 Å². The third-order valence-electron chi connectivity index (χ3n) is 7.55. The molecule has 2 aliphatic rings. The first kappa shape index (κ1) is 25.1. The molecule has 2 saturated carbocycles. The topological polar surface area (TPSA) is 90.1 Å². The van der Waals surface area contributed by atoms with Gasteiger partial charge >= 0.3 is 6.18 Å². The van der Waals surface area contributed by atoms with E-state index in [1.54, 1.807) is 18.6 Å². The molecular formula is C26H29F3N4O2. The van der Waals surface area contributed by atoms with Gasteiger partial charge in [0.2, 0.25) is 0 Å². The van der Waals surface area contributed by atoms with Crippen molar-refractivity contribution in [3.63, 3.8) is 0 Å². The number of hydrogen-bond donors (Lipinski definition) is 1. The zero-order valence-electron chi connectivity index (χ0n) is 19.6. The lowest BCUT2D eigenvalue weighted by atomic mass is 9.67. The number of aliphatic hydroxyl groups is 1. The van der Waals surface area contributed by atoms with Gasteiger partial charge < -0.3 is 10.0 Å². The number of amides is 1. The summed E-state index contributed by atoms with van der Waals surface area (Å²) < 4.78 is 39.5. The van der Waals surface area contributed by atoms with E-state index < -0.39 is 11.8 Å². The van der Waals surface area contributed by atoms with Crippen molar-refractivity contribution in [1.29, 1.82) is 5.26 Å². The predicted molar refractivity (Wildman–Crippen MR) is 122 cm³/mol. The minimum absolute atomic E-state index is 0.0137. The fourth-order valence-corrected chi connectivity index (χ4v) is 5.17. The summed E-state index contributed by atoms with van der Waals surface area (Å²) in [6, 6.07) is 7.47. The molecule has 0 radical (unpaired) electrons. The molecule has 1 atom stereocenters. The van der Waals surface area contributed by atoms with E-state index in [1.807, 2.05) is 4.90 Å². The highest BCUT2D eigenvalue weighted by atomic mass is 19.4. The van der Waals surface area contributed by atoms with Crippen LogP contribution in [0.5, 0.6) is 0 Å². The van der Waals surface area contributed by atoms with Crippen LogP contribution in [0.1, 0.15) is 79.9 Å². The zero-order valence-corrected chi connectivity index (χ0v) is 19.6. The molecule has 0 saturated heterocycles. The number of aromatic nitrogens is 2. The van der Waals surface area contributed by atoms with Gasteiger partial charge in [-0.25, -0.2) is 0 Å². The van der Waals surface area contributed by atoms with Gasteiger partial charge in [-0.2, -0.15) is 18.4 Å². The van der Waals surface area contributed by atoms with Gasteiger partial charge in [0, 0.05) is 48.1 Å². The molecule has 35 heavy (non-hydrogen) atoms. The maximum Gasteiger partial charge on any atom is 0.421 e. The number of halogens is 3. The van der Waals surface area contributed by atoms with Gasteiger partial charge in [0.1, 0.15) is 0 Å². The Bertz CT molecular complexity index is 1070. The van der Waals surface area contributed by atoms with Crippen LogP contribution in [0.15, 0.2) is 42.9 Å². The summed E-state index contributed by atoms with van der Waals surface area (Å²) in [4.78, 5) is 24.1. The lowest BCUT2D eigenvalue weighted by molar-refractivity contribution is -0.258. The monoisotopic (exact) mass is 486 g/mol. The Kier molecular flexibility index (Phi) is 6.87. The molecule has 2 aromatic rings. The molecular weight excluding hydrogens is 457 g/mol. The van der Waals surface area contributed by atoms with Crippen LogP contribution in [-0.2, 0) is 11.0 Å². The van der Waals surface area contributed by atoms with E-state index in [1.165, 1.54) is 24.3 Å². The van der Waals surface area contributed by atoms with Crippen LogP contribution in [0.4, 0.5) is 13.2 Å². The molecule has 1 amide bonds. The minimum Gasteiger partial charge on any atom is -0.376 e. The van der Waals surface area contributed by atoms with Crippen LogP contribution in [0, 0.1) is 11.3 Å². The Morgan fingerprint density at radius 3 is 2.29 bits per heavy atom. The van der Waals surface area contributed by atoms with Gasteiger partial charge in [-0.05, 0) is 69.6 Å². The fraction of sp³-hybridized carbons (Fsp3) is 0.538. The normalized spacial score (nSPS) is 24.3. The van der Waals surface area contributed by atoms with Crippen LogP contribution >= 0.6 is 0 Å². The van der Waals surface area contributed by atoms with E-state index in [0.717, 1.165) is 44.2 Å². The van der Waals surface area contributed by atoms with Crippen molar-refractivity contribution < 1.29 is 23.1 Å². The number of nitrogens with zero attached hydrogens (tertiary/aromatic N) is 4.